The van der Waals surface area contributed by atoms with E-state index < -0.39 is 5.97 Å². The van der Waals surface area contributed by atoms with E-state index in [1.54, 1.807) is 13.1 Å². The van der Waals surface area contributed by atoms with Crippen molar-refractivity contribution in [3.8, 4) is 0 Å². The molecule has 134 valence electrons. The van der Waals surface area contributed by atoms with Crippen LogP contribution in [0.15, 0.2) is 29.2 Å². The lowest BCUT2D eigenvalue weighted by molar-refractivity contribution is 0.0524. The molecule has 1 aromatic heterocycles. The van der Waals surface area contributed by atoms with Gasteiger partial charge in [0.05, 0.1) is 12.1 Å². The number of fused-ring (bicyclic) bond motifs is 1. The maximum absolute atomic E-state index is 12.8. The van der Waals surface area contributed by atoms with Crippen molar-refractivity contribution < 1.29 is 9.53 Å². The molecule has 5 nitrogen and oxygen atoms in total. The number of ether oxygens (including phenoxy) is 1. The molecule has 0 amide bonds. The van der Waals surface area contributed by atoms with Crippen molar-refractivity contribution >= 4 is 39.5 Å². The zero-order valence-electron chi connectivity index (χ0n) is 14.6. The summed E-state index contributed by atoms with van der Waals surface area (Å²) in [6.07, 6.45) is 2.82. The molecule has 25 heavy (non-hydrogen) atoms. The van der Waals surface area contributed by atoms with E-state index in [1.165, 1.54) is 0 Å². The lowest BCUT2D eigenvalue weighted by atomic mass is 10.1. The maximum Gasteiger partial charge on any atom is 0.343 e. The third kappa shape index (κ3) is 3.89. The molecule has 1 saturated heterocycles. The fourth-order valence-corrected chi connectivity index (χ4v) is 3.99. The van der Waals surface area contributed by atoms with Gasteiger partial charge in [0.2, 0.25) is 5.43 Å². The summed E-state index contributed by atoms with van der Waals surface area (Å²) in [6, 6.07) is 5.82. The molecule has 0 spiro atoms. The summed E-state index contributed by atoms with van der Waals surface area (Å²) in [5.74, 6) is -0.0106. The number of aromatic nitrogens is 1. The highest BCUT2D eigenvalue weighted by Gasteiger charge is 2.23. The minimum Gasteiger partial charge on any atom is -0.462 e. The first-order chi connectivity index (χ1) is 12.0. The summed E-state index contributed by atoms with van der Waals surface area (Å²) in [6.45, 7) is 8.23. The van der Waals surface area contributed by atoms with Crippen LogP contribution in [0.2, 0.25) is 0 Å². The van der Waals surface area contributed by atoms with Crippen LogP contribution in [0.25, 0.3) is 10.9 Å². The van der Waals surface area contributed by atoms with Gasteiger partial charge in [-0.2, -0.15) is 0 Å². The van der Waals surface area contributed by atoms with Gasteiger partial charge in [-0.1, -0.05) is 6.92 Å². The van der Waals surface area contributed by atoms with Gasteiger partial charge in [0.25, 0.3) is 0 Å². The van der Waals surface area contributed by atoms with Crippen molar-refractivity contribution in [1.29, 1.82) is 0 Å². The number of hydrogen-bond acceptors (Lipinski definition) is 4. The van der Waals surface area contributed by atoms with Gasteiger partial charge in [-0.3, -0.25) is 4.79 Å². The van der Waals surface area contributed by atoms with Crippen LogP contribution in [0.5, 0.6) is 0 Å². The molecule has 0 N–H and O–H groups in total. The highest BCUT2D eigenvalue weighted by atomic mass is 127. The molecular weight excluding hydrogens is 431 g/mol. The Morgan fingerprint density at radius 1 is 1.36 bits per heavy atom. The van der Waals surface area contributed by atoms with E-state index in [9.17, 15) is 9.59 Å². The molecule has 1 aliphatic rings. The zero-order valence-corrected chi connectivity index (χ0v) is 16.8. The normalized spacial score (nSPS) is 18.0. The quantitative estimate of drug-likeness (QED) is 0.515. The van der Waals surface area contributed by atoms with E-state index in [1.807, 2.05) is 18.2 Å². The van der Waals surface area contributed by atoms with Gasteiger partial charge in [0.1, 0.15) is 5.56 Å². The molecule has 0 bridgehead atoms. The van der Waals surface area contributed by atoms with Gasteiger partial charge >= 0.3 is 5.97 Å². The lowest BCUT2D eigenvalue weighted by Crippen LogP contribution is -2.24. The fourth-order valence-electron chi connectivity index (χ4n) is 3.50. The van der Waals surface area contributed by atoms with E-state index in [-0.39, 0.29) is 17.6 Å². The molecule has 1 aromatic carbocycles. The molecule has 1 atom stereocenters. The Hall–Kier alpha value is -1.41. The molecule has 3 rings (SSSR count). The highest BCUT2D eigenvalue weighted by molar-refractivity contribution is 14.1. The fraction of sp³-hybridized carbons (Fsp3) is 0.474. The number of halogens is 1. The Kier molecular flexibility index (Phi) is 5.78. The average Bonchev–Trinajstić information content (AvgIpc) is 3.05. The Bertz CT molecular complexity index is 846. The number of esters is 1. The number of hydrogen-bond donors (Lipinski definition) is 0. The summed E-state index contributed by atoms with van der Waals surface area (Å²) >= 11 is 2.19. The van der Waals surface area contributed by atoms with Crippen LogP contribution in [0, 0.1) is 9.49 Å². The molecular formula is C19H23IN2O3. The molecule has 0 aliphatic carbocycles. The number of pyridine rings is 1. The summed E-state index contributed by atoms with van der Waals surface area (Å²) in [5, 5.41) is 0.586. The highest BCUT2D eigenvalue weighted by Crippen LogP contribution is 2.22. The van der Waals surface area contributed by atoms with Crippen LogP contribution in [0.4, 0.5) is 0 Å². The van der Waals surface area contributed by atoms with Crippen LogP contribution in [0.1, 0.15) is 30.6 Å². The minimum absolute atomic E-state index is 0.127. The lowest BCUT2D eigenvalue weighted by Gasteiger charge is -2.18. The molecule has 1 fully saturated rings. The Morgan fingerprint density at radius 2 is 2.16 bits per heavy atom. The smallest absolute Gasteiger partial charge is 0.343 e. The molecule has 0 radical (unpaired) electrons. The van der Waals surface area contributed by atoms with Crippen molar-refractivity contribution in [2.24, 2.45) is 5.92 Å². The first-order valence-electron chi connectivity index (χ1n) is 8.75. The van der Waals surface area contributed by atoms with Gasteiger partial charge in [-0.05, 0) is 73.1 Å². The molecule has 6 heteroatoms. The summed E-state index contributed by atoms with van der Waals surface area (Å²) in [4.78, 5) is 27.4. The van der Waals surface area contributed by atoms with E-state index in [0.29, 0.717) is 11.3 Å². The Balaban J connectivity index is 2.05. The van der Waals surface area contributed by atoms with Crippen molar-refractivity contribution in [2.45, 2.75) is 26.8 Å². The SMILES string of the molecule is CCOC(=O)c1cn(CC2CCN(CC)C2)c2ccc(I)cc2c1=O. The Morgan fingerprint density at radius 3 is 2.84 bits per heavy atom. The molecule has 0 saturated carbocycles. The second-order valence-corrected chi connectivity index (χ2v) is 7.70. The number of carbonyl (C=O) groups is 1. The third-order valence-corrected chi connectivity index (χ3v) is 5.48. The van der Waals surface area contributed by atoms with Crippen LogP contribution in [-0.4, -0.2) is 41.7 Å². The first-order valence-corrected chi connectivity index (χ1v) is 9.83. The standard InChI is InChI=1S/C19H23IN2O3/c1-3-21-8-7-13(10-21)11-22-12-16(19(24)25-4-2)18(23)15-9-14(20)5-6-17(15)22/h5-6,9,12-13H,3-4,7-8,10-11H2,1-2H3. The predicted molar refractivity (Wildman–Crippen MR) is 107 cm³/mol. The van der Waals surface area contributed by atoms with Gasteiger partial charge in [0, 0.05) is 28.2 Å². The van der Waals surface area contributed by atoms with Gasteiger partial charge in [-0.15, -0.1) is 0 Å². The molecule has 2 heterocycles. The van der Waals surface area contributed by atoms with Crippen LogP contribution in [-0.2, 0) is 11.3 Å². The zero-order chi connectivity index (χ0) is 18.0. The monoisotopic (exact) mass is 454 g/mol. The molecule has 1 unspecified atom stereocenters. The van der Waals surface area contributed by atoms with E-state index in [4.69, 9.17) is 4.74 Å². The second-order valence-electron chi connectivity index (χ2n) is 6.45. The summed E-state index contributed by atoms with van der Waals surface area (Å²) in [5.41, 5.74) is 0.764. The van der Waals surface area contributed by atoms with Crippen LogP contribution >= 0.6 is 22.6 Å². The number of carbonyl (C=O) groups excluding carboxylic acids is 1. The maximum atomic E-state index is 12.8. The first kappa shape index (κ1) is 18.4. The van der Waals surface area contributed by atoms with Gasteiger partial charge < -0.3 is 14.2 Å². The second kappa shape index (κ2) is 7.86. The topological polar surface area (TPSA) is 51.5 Å². The van der Waals surface area contributed by atoms with E-state index >= 15 is 0 Å². The number of likely N-dealkylation sites (tertiary alicyclic amines) is 1. The number of benzene rings is 1. The van der Waals surface area contributed by atoms with Crippen molar-refractivity contribution in [2.75, 3.05) is 26.2 Å². The summed E-state index contributed by atoms with van der Waals surface area (Å²) in [7, 11) is 0. The predicted octanol–water partition coefficient (Wildman–Crippen LogP) is 3.12. The van der Waals surface area contributed by atoms with Crippen LogP contribution < -0.4 is 5.43 Å². The molecule has 1 aliphatic heterocycles. The average molecular weight is 454 g/mol. The Labute approximate surface area is 161 Å². The summed E-state index contributed by atoms with van der Waals surface area (Å²) < 4.78 is 8.12. The van der Waals surface area contributed by atoms with Crippen molar-refractivity contribution in [3.63, 3.8) is 0 Å². The minimum atomic E-state index is -0.538. The van der Waals surface area contributed by atoms with Gasteiger partial charge in [0.15, 0.2) is 0 Å². The largest absolute Gasteiger partial charge is 0.462 e. The number of rotatable bonds is 5. The van der Waals surface area contributed by atoms with Crippen molar-refractivity contribution in [1.82, 2.24) is 9.47 Å². The molecule has 2 aromatic rings. The van der Waals surface area contributed by atoms with E-state index in [2.05, 4.69) is 39.0 Å². The van der Waals surface area contributed by atoms with Gasteiger partial charge in [-0.25, -0.2) is 4.79 Å². The van der Waals surface area contributed by atoms with Crippen LogP contribution in [0.3, 0.4) is 0 Å². The van der Waals surface area contributed by atoms with Crippen molar-refractivity contribution in [3.05, 3.63) is 43.8 Å². The van der Waals surface area contributed by atoms with E-state index in [0.717, 1.165) is 41.7 Å². The third-order valence-electron chi connectivity index (χ3n) is 4.81. The number of nitrogens with zero attached hydrogens (tertiary/aromatic N) is 2.